The standard InChI is InChI=1S/C15H27NO4/c1-3-15(4-2,14(19)20)11-13(18)16(9-6-10-17)12-7-5-8-12/h12,17H,3-11H2,1-2H3,(H,19,20). The minimum atomic E-state index is -0.946. The van der Waals surface area contributed by atoms with E-state index < -0.39 is 11.4 Å². The van der Waals surface area contributed by atoms with Crippen molar-refractivity contribution in [3.63, 3.8) is 0 Å². The van der Waals surface area contributed by atoms with Crippen molar-refractivity contribution in [3.8, 4) is 0 Å². The molecule has 0 unspecified atom stereocenters. The minimum absolute atomic E-state index is 0.0577. The van der Waals surface area contributed by atoms with Crippen LogP contribution in [0, 0.1) is 5.41 Å². The Morgan fingerprint density at radius 1 is 1.25 bits per heavy atom. The Balaban J connectivity index is 2.75. The number of carboxylic acids is 1. The fourth-order valence-electron chi connectivity index (χ4n) is 2.72. The lowest BCUT2D eigenvalue weighted by atomic mass is 9.78. The molecule has 0 radical (unpaired) electrons. The van der Waals surface area contributed by atoms with E-state index in [0.29, 0.717) is 25.8 Å². The Morgan fingerprint density at radius 3 is 2.20 bits per heavy atom. The van der Waals surface area contributed by atoms with Crippen molar-refractivity contribution in [2.45, 2.75) is 64.8 Å². The molecule has 0 bridgehead atoms. The molecule has 0 spiro atoms. The second-order valence-corrected chi connectivity index (χ2v) is 5.72. The molecule has 1 aliphatic rings. The topological polar surface area (TPSA) is 77.8 Å². The molecule has 0 atom stereocenters. The fourth-order valence-corrected chi connectivity index (χ4v) is 2.72. The number of rotatable bonds is 9. The highest BCUT2D eigenvalue weighted by Crippen LogP contribution is 2.34. The molecule has 0 aromatic carbocycles. The average molecular weight is 285 g/mol. The van der Waals surface area contributed by atoms with Gasteiger partial charge < -0.3 is 15.1 Å². The van der Waals surface area contributed by atoms with Gasteiger partial charge in [-0.25, -0.2) is 0 Å². The number of aliphatic hydroxyl groups is 1. The number of aliphatic hydroxyl groups excluding tert-OH is 1. The number of carbonyl (C=O) groups is 2. The maximum Gasteiger partial charge on any atom is 0.310 e. The van der Waals surface area contributed by atoms with Gasteiger partial charge in [-0.1, -0.05) is 13.8 Å². The molecule has 1 fully saturated rings. The van der Waals surface area contributed by atoms with Crippen molar-refractivity contribution in [3.05, 3.63) is 0 Å². The van der Waals surface area contributed by atoms with Gasteiger partial charge in [0, 0.05) is 25.6 Å². The zero-order chi connectivity index (χ0) is 15.2. The van der Waals surface area contributed by atoms with Crippen LogP contribution in [-0.2, 0) is 9.59 Å². The van der Waals surface area contributed by atoms with E-state index in [2.05, 4.69) is 0 Å². The van der Waals surface area contributed by atoms with Gasteiger partial charge in [-0.2, -0.15) is 0 Å². The van der Waals surface area contributed by atoms with Crippen LogP contribution in [0.25, 0.3) is 0 Å². The first-order valence-corrected chi connectivity index (χ1v) is 7.64. The molecule has 5 heteroatoms. The Bertz CT molecular complexity index is 335. The highest BCUT2D eigenvalue weighted by molar-refractivity contribution is 5.85. The monoisotopic (exact) mass is 285 g/mol. The molecule has 1 saturated carbocycles. The lowest BCUT2D eigenvalue weighted by Crippen LogP contribution is -2.47. The number of aliphatic carboxylic acids is 1. The van der Waals surface area contributed by atoms with Crippen LogP contribution in [-0.4, -0.2) is 46.2 Å². The van der Waals surface area contributed by atoms with Crippen LogP contribution in [0.5, 0.6) is 0 Å². The van der Waals surface area contributed by atoms with Crippen molar-refractivity contribution < 1.29 is 19.8 Å². The molecular formula is C15H27NO4. The van der Waals surface area contributed by atoms with Crippen molar-refractivity contribution in [1.82, 2.24) is 4.90 Å². The number of carbonyl (C=O) groups excluding carboxylic acids is 1. The molecule has 0 heterocycles. The van der Waals surface area contributed by atoms with Gasteiger partial charge in [0.2, 0.25) is 5.91 Å². The summed E-state index contributed by atoms with van der Waals surface area (Å²) in [5, 5.41) is 18.4. The first-order chi connectivity index (χ1) is 9.50. The number of carboxylic acid groups (broad SMARTS) is 1. The van der Waals surface area contributed by atoms with Gasteiger partial charge in [-0.15, -0.1) is 0 Å². The number of hydrogen-bond donors (Lipinski definition) is 2. The second kappa shape index (κ2) is 7.62. The van der Waals surface area contributed by atoms with Crippen LogP contribution in [0.1, 0.15) is 58.8 Å². The summed E-state index contributed by atoms with van der Waals surface area (Å²) >= 11 is 0. The first-order valence-electron chi connectivity index (χ1n) is 7.64. The average Bonchev–Trinajstić information content (AvgIpc) is 2.37. The van der Waals surface area contributed by atoms with Gasteiger partial charge in [-0.3, -0.25) is 9.59 Å². The van der Waals surface area contributed by atoms with E-state index >= 15 is 0 Å². The molecule has 0 saturated heterocycles. The predicted molar refractivity (Wildman–Crippen MR) is 76.3 cm³/mol. The third kappa shape index (κ3) is 3.72. The van der Waals surface area contributed by atoms with Crippen LogP contribution >= 0.6 is 0 Å². The molecule has 20 heavy (non-hydrogen) atoms. The van der Waals surface area contributed by atoms with E-state index in [1.165, 1.54) is 0 Å². The van der Waals surface area contributed by atoms with Gasteiger partial charge >= 0.3 is 5.97 Å². The predicted octanol–water partition coefficient (Wildman–Crippen LogP) is 2.03. The van der Waals surface area contributed by atoms with Gasteiger partial charge in [0.05, 0.1) is 5.41 Å². The summed E-state index contributed by atoms with van der Waals surface area (Å²) < 4.78 is 0. The van der Waals surface area contributed by atoms with Crippen LogP contribution in [0.4, 0.5) is 0 Å². The molecule has 116 valence electrons. The summed E-state index contributed by atoms with van der Waals surface area (Å²) in [4.78, 5) is 25.8. The highest BCUT2D eigenvalue weighted by atomic mass is 16.4. The summed E-state index contributed by atoms with van der Waals surface area (Å²) in [6.07, 6.45) is 4.66. The van der Waals surface area contributed by atoms with Crippen LogP contribution < -0.4 is 0 Å². The maximum atomic E-state index is 12.5. The van der Waals surface area contributed by atoms with Gasteiger partial charge in [0.1, 0.15) is 0 Å². The Kier molecular flexibility index (Phi) is 6.46. The summed E-state index contributed by atoms with van der Waals surface area (Å²) in [6.45, 7) is 4.24. The van der Waals surface area contributed by atoms with E-state index in [1.54, 1.807) is 4.90 Å². The summed E-state index contributed by atoms with van der Waals surface area (Å²) in [7, 11) is 0. The van der Waals surface area contributed by atoms with Crippen molar-refractivity contribution in [2.75, 3.05) is 13.2 Å². The summed E-state index contributed by atoms with van der Waals surface area (Å²) in [5.41, 5.74) is -0.946. The summed E-state index contributed by atoms with van der Waals surface area (Å²) in [6, 6.07) is 0.245. The third-order valence-corrected chi connectivity index (χ3v) is 4.69. The molecule has 2 N–H and O–H groups in total. The second-order valence-electron chi connectivity index (χ2n) is 5.72. The van der Waals surface area contributed by atoms with E-state index in [9.17, 15) is 14.7 Å². The summed E-state index contributed by atoms with van der Waals surface area (Å²) in [5.74, 6) is -0.958. The number of hydrogen-bond acceptors (Lipinski definition) is 3. The van der Waals surface area contributed by atoms with Crippen molar-refractivity contribution in [2.24, 2.45) is 5.41 Å². The molecule has 1 aliphatic carbocycles. The molecule has 1 amide bonds. The number of nitrogens with zero attached hydrogens (tertiary/aromatic N) is 1. The first kappa shape index (κ1) is 17.0. The maximum absolute atomic E-state index is 12.5. The Labute approximate surface area is 121 Å². The van der Waals surface area contributed by atoms with Gasteiger partial charge in [0.15, 0.2) is 0 Å². The quantitative estimate of drug-likeness (QED) is 0.679. The fraction of sp³-hybridized carbons (Fsp3) is 0.867. The Hall–Kier alpha value is -1.10. The molecule has 1 rings (SSSR count). The molecule has 0 aliphatic heterocycles. The van der Waals surface area contributed by atoms with Crippen LogP contribution in [0.2, 0.25) is 0 Å². The van der Waals surface area contributed by atoms with E-state index in [1.807, 2.05) is 13.8 Å². The third-order valence-electron chi connectivity index (χ3n) is 4.69. The van der Waals surface area contributed by atoms with Crippen molar-refractivity contribution >= 4 is 11.9 Å². The van der Waals surface area contributed by atoms with E-state index in [0.717, 1.165) is 19.3 Å². The zero-order valence-electron chi connectivity index (χ0n) is 12.6. The van der Waals surface area contributed by atoms with Gasteiger partial charge in [-0.05, 0) is 38.5 Å². The minimum Gasteiger partial charge on any atom is -0.481 e. The van der Waals surface area contributed by atoms with E-state index in [-0.39, 0.29) is 25.0 Å². The zero-order valence-corrected chi connectivity index (χ0v) is 12.6. The normalized spacial score (nSPS) is 15.8. The largest absolute Gasteiger partial charge is 0.481 e. The molecule has 5 nitrogen and oxygen atoms in total. The lowest BCUT2D eigenvalue weighted by Gasteiger charge is -2.39. The SMILES string of the molecule is CCC(CC)(CC(=O)N(CCCO)C1CCC1)C(=O)O. The van der Waals surface area contributed by atoms with Crippen LogP contribution in [0.15, 0.2) is 0 Å². The molecule has 0 aromatic rings. The number of amides is 1. The van der Waals surface area contributed by atoms with Crippen molar-refractivity contribution in [1.29, 1.82) is 0 Å². The van der Waals surface area contributed by atoms with E-state index in [4.69, 9.17) is 5.11 Å². The highest BCUT2D eigenvalue weighted by Gasteiger charge is 2.40. The Morgan fingerprint density at radius 2 is 1.85 bits per heavy atom. The molecule has 0 aromatic heterocycles. The van der Waals surface area contributed by atoms with Gasteiger partial charge in [0.25, 0.3) is 0 Å². The van der Waals surface area contributed by atoms with Crippen LogP contribution in [0.3, 0.4) is 0 Å². The lowest BCUT2D eigenvalue weighted by molar-refractivity contribution is -0.155. The smallest absolute Gasteiger partial charge is 0.310 e. The molecular weight excluding hydrogens is 258 g/mol.